The average molecular weight is 414 g/mol. The number of nitrogens with one attached hydrogen (secondary N) is 2. The minimum absolute atomic E-state index is 0.474. The smallest absolute Gasteiger partial charge is 0.128 e. The fourth-order valence-electron chi connectivity index (χ4n) is 4.83. The van der Waals surface area contributed by atoms with Gasteiger partial charge in [-0.2, -0.15) is 0 Å². The highest BCUT2D eigenvalue weighted by Gasteiger charge is 2.30. The Hall–Kier alpha value is -2.91. The van der Waals surface area contributed by atoms with E-state index in [1.165, 1.54) is 33.5 Å². The number of imidazole rings is 2. The van der Waals surface area contributed by atoms with Gasteiger partial charge in [0, 0.05) is 22.7 Å². The van der Waals surface area contributed by atoms with Crippen LogP contribution in [0.25, 0.3) is 33.6 Å². The number of nitrogens with zero attached hydrogens (tertiary/aromatic N) is 2. The van der Waals surface area contributed by atoms with Gasteiger partial charge >= 0.3 is 0 Å². The van der Waals surface area contributed by atoms with E-state index in [0.717, 1.165) is 46.9 Å². The molecule has 0 amide bonds. The summed E-state index contributed by atoms with van der Waals surface area (Å²) in [6.45, 7) is 4.79. The minimum atomic E-state index is 0.474. The van der Waals surface area contributed by atoms with Crippen molar-refractivity contribution < 1.29 is 4.74 Å². The highest BCUT2D eigenvalue weighted by Crippen LogP contribution is 2.46. The number of ether oxygens (including phenoxy) is 1. The fraction of sp³-hybridized carbons (Fsp3) is 0.250. The van der Waals surface area contributed by atoms with E-state index < -0.39 is 0 Å². The summed E-state index contributed by atoms with van der Waals surface area (Å²) < 4.78 is 6.22. The first-order valence-electron chi connectivity index (χ1n) is 10.4. The monoisotopic (exact) mass is 414 g/mol. The van der Waals surface area contributed by atoms with E-state index >= 15 is 0 Å². The Balaban J connectivity index is 1.47. The summed E-state index contributed by atoms with van der Waals surface area (Å²) >= 11 is 0. The second-order valence-corrected chi connectivity index (χ2v) is 8.79. The number of aryl methyl sites for hydroxylation is 1. The quantitative estimate of drug-likeness (QED) is 0.459. The van der Waals surface area contributed by atoms with E-state index in [1.54, 1.807) is 0 Å². The molecule has 3 heterocycles. The molecule has 0 radical (unpaired) electrons. The predicted molar refractivity (Wildman–Crippen MR) is 122 cm³/mol. The van der Waals surface area contributed by atoms with Gasteiger partial charge in [0.1, 0.15) is 23.7 Å². The van der Waals surface area contributed by atoms with Gasteiger partial charge in [-0.25, -0.2) is 9.97 Å². The van der Waals surface area contributed by atoms with Crippen molar-refractivity contribution in [2.24, 2.45) is 0 Å². The first-order valence-corrected chi connectivity index (χ1v) is 11.0. The topological polar surface area (TPSA) is 66.6 Å². The van der Waals surface area contributed by atoms with Crippen molar-refractivity contribution in [2.75, 3.05) is 0 Å². The molecule has 6 rings (SSSR count). The van der Waals surface area contributed by atoms with Crippen molar-refractivity contribution in [3.05, 3.63) is 59.2 Å². The Morgan fingerprint density at radius 3 is 2.80 bits per heavy atom. The maximum atomic E-state index is 6.22. The van der Waals surface area contributed by atoms with Crippen LogP contribution in [-0.2, 0) is 13.0 Å². The van der Waals surface area contributed by atoms with Crippen LogP contribution in [0.4, 0.5) is 0 Å². The molecule has 2 unspecified atom stereocenters. The first kappa shape index (κ1) is 17.9. The zero-order valence-electron chi connectivity index (χ0n) is 17.0. The van der Waals surface area contributed by atoms with Crippen LogP contribution in [0.2, 0.25) is 0 Å². The lowest BCUT2D eigenvalue weighted by molar-refractivity contribution is 0.302. The van der Waals surface area contributed by atoms with E-state index in [2.05, 4.69) is 61.4 Å². The Bertz CT molecular complexity index is 1300. The molecule has 4 aromatic rings. The van der Waals surface area contributed by atoms with Gasteiger partial charge in [-0.3, -0.25) is 0 Å². The van der Waals surface area contributed by atoms with Crippen LogP contribution in [0.15, 0.2) is 36.5 Å². The third-order valence-electron chi connectivity index (χ3n) is 6.37. The van der Waals surface area contributed by atoms with Gasteiger partial charge in [0.05, 0.1) is 17.6 Å². The van der Waals surface area contributed by atoms with Crippen LogP contribution in [0.1, 0.15) is 41.9 Å². The second-order valence-electron chi connectivity index (χ2n) is 8.24. The Labute approximate surface area is 177 Å². The number of benzene rings is 2. The lowest BCUT2D eigenvalue weighted by Crippen LogP contribution is -2.13. The van der Waals surface area contributed by atoms with Gasteiger partial charge in [-0.1, -0.05) is 28.3 Å². The van der Waals surface area contributed by atoms with E-state index in [0.29, 0.717) is 12.5 Å². The van der Waals surface area contributed by atoms with Crippen LogP contribution in [0.3, 0.4) is 0 Å². The molecule has 2 aromatic carbocycles. The van der Waals surface area contributed by atoms with Gasteiger partial charge in [0.15, 0.2) is 0 Å². The molecule has 2 aliphatic rings. The highest BCUT2D eigenvalue weighted by molar-refractivity contribution is 7.26. The summed E-state index contributed by atoms with van der Waals surface area (Å²) in [6.07, 6.45) is 4.01. The van der Waals surface area contributed by atoms with Gasteiger partial charge in [-0.05, 0) is 60.2 Å². The van der Waals surface area contributed by atoms with Crippen molar-refractivity contribution in [1.82, 2.24) is 19.9 Å². The van der Waals surface area contributed by atoms with Crippen molar-refractivity contribution in [3.63, 3.8) is 0 Å². The zero-order chi connectivity index (χ0) is 20.4. The molecule has 1 aliphatic heterocycles. The van der Waals surface area contributed by atoms with E-state index in [1.807, 2.05) is 13.1 Å². The number of H-pyrrole nitrogens is 2. The number of aromatic amines is 2. The van der Waals surface area contributed by atoms with Crippen molar-refractivity contribution >= 4 is 14.8 Å². The number of hydrogen-bond donors (Lipinski definition) is 2. The molecule has 2 N–H and O–H groups in total. The van der Waals surface area contributed by atoms with E-state index in [-0.39, 0.29) is 0 Å². The maximum absolute atomic E-state index is 6.22. The molecule has 2 aromatic heterocycles. The van der Waals surface area contributed by atoms with E-state index in [9.17, 15) is 0 Å². The fourth-order valence-corrected chi connectivity index (χ4v) is 5.12. The predicted octanol–water partition coefficient (Wildman–Crippen LogP) is 4.88. The van der Waals surface area contributed by atoms with Gasteiger partial charge in [0.25, 0.3) is 0 Å². The molecule has 6 heteroatoms. The number of hydrogen-bond acceptors (Lipinski definition) is 3. The summed E-state index contributed by atoms with van der Waals surface area (Å²) in [5, 5.41) is 0. The van der Waals surface area contributed by atoms with Crippen molar-refractivity contribution in [2.45, 2.75) is 39.2 Å². The molecule has 0 saturated heterocycles. The van der Waals surface area contributed by atoms with Crippen molar-refractivity contribution in [1.29, 1.82) is 0 Å². The number of rotatable bonds is 2. The molecule has 0 bridgehead atoms. The van der Waals surface area contributed by atoms with Gasteiger partial charge in [0.2, 0.25) is 0 Å². The number of aromatic nitrogens is 4. The first-order chi connectivity index (χ1) is 14.6. The zero-order valence-corrected chi connectivity index (χ0v) is 18.2. The average Bonchev–Trinajstić information content (AvgIpc) is 3.37. The lowest BCUT2D eigenvalue weighted by atomic mass is 9.81. The Morgan fingerprint density at radius 2 is 2.00 bits per heavy atom. The van der Waals surface area contributed by atoms with Crippen LogP contribution >= 0.6 is 9.24 Å². The molecule has 1 aliphatic carbocycles. The molecule has 0 fully saturated rings. The molecule has 0 spiro atoms. The van der Waals surface area contributed by atoms with Crippen LogP contribution in [0.5, 0.6) is 5.75 Å². The summed E-state index contributed by atoms with van der Waals surface area (Å²) in [7, 11) is 2.70. The minimum Gasteiger partial charge on any atom is -0.488 e. The van der Waals surface area contributed by atoms with Crippen LogP contribution in [0, 0.1) is 6.92 Å². The van der Waals surface area contributed by atoms with E-state index in [4.69, 9.17) is 9.72 Å². The summed E-state index contributed by atoms with van der Waals surface area (Å²) in [6, 6.07) is 11.1. The third kappa shape index (κ3) is 2.65. The molecule has 5 nitrogen and oxygen atoms in total. The molecule has 150 valence electrons. The van der Waals surface area contributed by atoms with Crippen molar-refractivity contribution in [3.8, 4) is 39.4 Å². The summed E-state index contributed by atoms with van der Waals surface area (Å²) in [5.74, 6) is 2.34. The largest absolute Gasteiger partial charge is 0.488 e. The van der Waals surface area contributed by atoms with Gasteiger partial charge < -0.3 is 14.7 Å². The lowest BCUT2D eigenvalue weighted by Gasteiger charge is -2.27. The SMILES string of the molecule is CCC1Cc2cc3c(cc2-c2nc(P)[nH]c21)OCc1cc(-c2cnc(C)[nH]2)ccc1-3. The Kier molecular flexibility index (Phi) is 3.91. The van der Waals surface area contributed by atoms with Crippen LogP contribution < -0.4 is 10.3 Å². The third-order valence-corrected chi connectivity index (χ3v) is 6.64. The summed E-state index contributed by atoms with van der Waals surface area (Å²) in [5.41, 5.74) is 11.6. The highest BCUT2D eigenvalue weighted by atomic mass is 31.0. The molecule has 2 atom stereocenters. The molecular weight excluding hydrogens is 391 g/mol. The van der Waals surface area contributed by atoms with Gasteiger partial charge in [-0.15, -0.1) is 0 Å². The van der Waals surface area contributed by atoms with Crippen LogP contribution in [-0.4, -0.2) is 19.9 Å². The maximum Gasteiger partial charge on any atom is 0.128 e. The summed E-state index contributed by atoms with van der Waals surface area (Å²) in [4.78, 5) is 15.9. The molecule has 30 heavy (non-hydrogen) atoms. The standard InChI is InChI=1S/C24H23N4OP/c1-3-13-6-15-8-19-17-5-4-14(20-10-25-12(2)26-20)7-16(17)11-29-21(19)9-18(15)23-22(13)27-24(30)28-23/h4-5,7-10,13H,3,6,11,30H2,1-2H3,(H,25,26)(H,27,28). The number of fused-ring (bicyclic) bond motifs is 6. The second kappa shape index (κ2) is 6.55. The normalized spacial score (nSPS) is 16.3. The molecule has 0 saturated carbocycles. The molecular formula is C24H23N4OP. The Morgan fingerprint density at radius 1 is 1.10 bits per heavy atom.